The molecule has 1 aromatic heterocycles. The zero-order valence-electron chi connectivity index (χ0n) is 32.3. The molecular weight excluding hydrogens is 669 g/mol. The van der Waals surface area contributed by atoms with E-state index in [0.717, 1.165) is 16.7 Å². The van der Waals surface area contributed by atoms with Crippen LogP contribution >= 0.6 is 11.3 Å². The van der Waals surface area contributed by atoms with E-state index in [2.05, 4.69) is 188 Å². The second-order valence-electron chi connectivity index (χ2n) is 13.2. The van der Waals surface area contributed by atoms with Crippen LogP contribution in [0.4, 0.5) is 0 Å². The molecule has 6 rings (SSSR count). The molecule has 0 fully saturated rings. The second kappa shape index (κ2) is 18.6. The van der Waals surface area contributed by atoms with Crippen LogP contribution in [0.15, 0.2) is 165 Å². The molecule has 0 N–H and O–H groups in total. The standard InChI is InChI=1S/C39H34S.C14H16/c1-6-15-38-30(8-3)36-19-12-10-9-11-16-32-31-17-13-14-18-33(31)37-26-29(28(5)21-20-27(4)7-2)22-23-35(37)34(32)24-25-39(36)40-38;1-5-11(3)13(6-2)14-10-8-7-9-12(14)4/h6-26H,2-3H2,1,4-5H3;5-10H,1-2H2,3-4H3/b10-9?,11-9+,12-10-,15-6-,16-11?,19-12?,25-24?,27-20-,28-21+,32-16-,34-24+,36-19-,39-25-;13-11+. The van der Waals surface area contributed by atoms with Gasteiger partial charge >= 0.3 is 0 Å². The second-order valence-corrected chi connectivity index (χ2v) is 14.3. The van der Waals surface area contributed by atoms with Crippen LogP contribution in [-0.2, 0) is 0 Å². The first-order chi connectivity index (χ1) is 26.3. The summed E-state index contributed by atoms with van der Waals surface area (Å²) in [5.41, 5.74) is 9.60. The smallest absolute Gasteiger partial charge is 0.0355 e. The van der Waals surface area contributed by atoms with E-state index in [1.807, 2.05) is 36.4 Å². The molecule has 0 spiro atoms. The third-order valence-electron chi connectivity index (χ3n) is 9.67. The number of aryl methyl sites for hydroxylation is 1. The molecule has 0 saturated carbocycles. The molecular formula is C53H50S. The fraction of sp³-hybridized carbons (Fsp3) is 0.0943. The molecule has 54 heavy (non-hydrogen) atoms. The number of hydrogen-bond acceptors (Lipinski definition) is 1. The highest BCUT2D eigenvalue weighted by atomic mass is 32.1. The van der Waals surface area contributed by atoms with Gasteiger partial charge in [0.05, 0.1) is 0 Å². The van der Waals surface area contributed by atoms with Crippen molar-refractivity contribution in [2.45, 2.75) is 34.6 Å². The lowest BCUT2D eigenvalue weighted by Crippen LogP contribution is -2.27. The van der Waals surface area contributed by atoms with E-state index in [9.17, 15) is 0 Å². The van der Waals surface area contributed by atoms with Gasteiger partial charge in [0.1, 0.15) is 0 Å². The first-order valence-electron chi connectivity index (χ1n) is 18.4. The average molecular weight is 719 g/mol. The third kappa shape index (κ3) is 8.77. The summed E-state index contributed by atoms with van der Waals surface area (Å²) in [7, 11) is 0. The summed E-state index contributed by atoms with van der Waals surface area (Å²) < 4.78 is 1.23. The van der Waals surface area contributed by atoms with E-state index >= 15 is 0 Å². The van der Waals surface area contributed by atoms with Gasteiger partial charge in [0.15, 0.2) is 0 Å². The van der Waals surface area contributed by atoms with Gasteiger partial charge in [-0.2, -0.15) is 0 Å². The number of thiophene rings is 1. The Morgan fingerprint density at radius 3 is 1.96 bits per heavy atom. The SMILES string of the molecule is C=C/C(C)=C(\C=C)c1ccccc1C.C=C/C(C)=C\C=C(/C)c1ccc2c3/c(c4ccccc4c2c1)=C\C=C\C=C/C=c1/c(C=C)c(/C=C\C)s/c1=C\C=3. The van der Waals surface area contributed by atoms with Gasteiger partial charge < -0.3 is 0 Å². The van der Waals surface area contributed by atoms with Crippen molar-refractivity contribution in [1.82, 2.24) is 0 Å². The molecule has 0 saturated heterocycles. The van der Waals surface area contributed by atoms with Gasteiger partial charge in [0, 0.05) is 14.6 Å². The summed E-state index contributed by atoms with van der Waals surface area (Å²) in [6, 6.07) is 23.9. The lowest BCUT2D eigenvalue weighted by atomic mass is 9.94. The molecule has 0 atom stereocenters. The molecule has 0 radical (unpaired) electrons. The van der Waals surface area contributed by atoms with Crippen LogP contribution in [0, 0.1) is 6.92 Å². The molecule has 1 heterocycles. The lowest BCUT2D eigenvalue weighted by Gasteiger charge is -2.10. The Morgan fingerprint density at radius 1 is 0.630 bits per heavy atom. The van der Waals surface area contributed by atoms with Crippen LogP contribution < -0.4 is 20.2 Å². The number of allylic oxidation sites excluding steroid dienone is 14. The van der Waals surface area contributed by atoms with Crippen molar-refractivity contribution in [2.75, 3.05) is 0 Å². The van der Waals surface area contributed by atoms with Gasteiger partial charge in [-0.15, -0.1) is 11.3 Å². The van der Waals surface area contributed by atoms with Crippen LogP contribution in [-0.4, -0.2) is 0 Å². The highest BCUT2D eigenvalue weighted by Crippen LogP contribution is 2.26. The molecule has 268 valence electrons. The van der Waals surface area contributed by atoms with E-state index in [1.54, 1.807) is 11.3 Å². The molecule has 0 bridgehead atoms. The van der Waals surface area contributed by atoms with Gasteiger partial charge in [-0.1, -0.05) is 178 Å². The topological polar surface area (TPSA) is 0 Å². The van der Waals surface area contributed by atoms with Crippen LogP contribution in [0.5, 0.6) is 0 Å². The first kappa shape index (κ1) is 39.2. The van der Waals surface area contributed by atoms with Crippen molar-refractivity contribution < 1.29 is 0 Å². The average Bonchev–Trinajstić information content (AvgIpc) is 3.53. The Morgan fingerprint density at radius 2 is 1.30 bits per heavy atom. The Hall–Kier alpha value is -6.02. The van der Waals surface area contributed by atoms with Crippen LogP contribution in [0.25, 0.3) is 69.1 Å². The maximum absolute atomic E-state index is 4.12. The van der Waals surface area contributed by atoms with E-state index in [-0.39, 0.29) is 0 Å². The van der Waals surface area contributed by atoms with Crippen molar-refractivity contribution in [1.29, 1.82) is 0 Å². The normalized spacial score (nSPS) is 17.1. The van der Waals surface area contributed by atoms with Crippen LogP contribution in [0.3, 0.4) is 0 Å². The Balaban J connectivity index is 0.000000338. The first-order valence-corrected chi connectivity index (χ1v) is 19.2. The highest BCUT2D eigenvalue weighted by molar-refractivity contribution is 7.11. The minimum atomic E-state index is 1.15. The van der Waals surface area contributed by atoms with Gasteiger partial charge in [-0.3, -0.25) is 0 Å². The summed E-state index contributed by atoms with van der Waals surface area (Å²) in [4.78, 5) is 1.23. The molecule has 0 unspecified atom stereocenters. The van der Waals surface area contributed by atoms with Gasteiger partial charge in [0.25, 0.3) is 0 Å². The molecule has 1 heteroatoms. The summed E-state index contributed by atoms with van der Waals surface area (Å²) in [5, 5.41) is 8.68. The molecule has 1 aliphatic rings. The number of rotatable bonds is 8. The molecule has 0 nitrogen and oxygen atoms in total. The molecule has 1 aliphatic carbocycles. The molecule has 0 aliphatic heterocycles. The van der Waals surface area contributed by atoms with Gasteiger partial charge in [-0.05, 0) is 124 Å². The predicted molar refractivity (Wildman–Crippen MR) is 247 cm³/mol. The molecule has 5 aromatic rings. The van der Waals surface area contributed by atoms with Crippen LogP contribution in [0.1, 0.15) is 54.8 Å². The maximum Gasteiger partial charge on any atom is 0.0355 e. The zero-order valence-corrected chi connectivity index (χ0v) is 33.1. The predicted octanol–water partition coefficient (Wildman–Crippen LogP) is 12.4. The Kier molecular flexibility index (Phi) is 13.5. The van der Waals surface area contributed by atoms with E-state index in [0.29, 0.717) is 0 Å². The third-order valence-corrected chi connectivity index (χ3v) is 10.8. The largest absolute Gasteiger partial charge is 0.135 e. The fourth-order valence-electron chi connectivity index (χ4n) is 6.60. The summed E-state index contributed by atoms with van der Waals surface area (Å²) in [6.45, 7) is 26.1. The zero-order chi connectivity index (χ0) is 38.6. The van der Waals surface area contributed by atoms with Gasteiger partial charge in [-0.25, -0.2) is 0 Å². The molecule has 4 aromatic carbocycles. The summed E-state index contributed by atoms with van der Waals surface area (Å²) in [6.07, 6.45) is 33.6. The fourth-order valence-corrected chi connectivity index (χ4v) is 7.77. The number of benzene rings is 4. The van der Waals surface area contributed by atoms with Crippen LogP contribution in [0.2, 0.25) is 0 Å². The number of hydrogen-bond donors (Lipinski definition) is 0. The Labute approximate surface area is 325 Å². The van der Waals surface area contributed by atoms with Crippen molar-refractivity contribution in [3.8, 4) is 0 Å². The minimum Gasteiger partial charge on any atom is -0.135 e. The van der Waals surface area contributed by atoms with Crippen molar-refractivity contribution in [3.63, 3.8) is 0 Å². The number of fused-ring (bicyclic) bond motifs is 7. The van der Waals surface area contributed by atoms with Crippen molar-refractivity contribution in [3.05, 3.63) is 212 Å². The van der Waals surface area contributed by atoms with Crippen molar-refractivity contribution >= 4 is 80.5 Å². The van der Waals surface area contributed by atoms with Gasteiger partial charge in [0.2, 0.25) is 0 Å². The molecule has 0 amide bonds. The summed E-state index contributed by atoms with van der Waals surface area (Å²) >= 11 is 1.80. The minimum absolute atomic E-state index is 1.15. The Bertz CT molecular complexity index is 2710. The lowest BCUT2D eigenvalue weighted by molar-refractivity contribution is 1.41. The monoisotopic (exact) mass is 718 g/mol. The van der Waals surface area contributed by atoms with E-state index in [1.165, 1.54) is 74.4 Å². The highest BCUT2D eigenvalue weighted by Gasteiger charge is 2.09. The quantitative estimate of drug-likeness (QED) is 0.111. The van der Waals surface area contributed by atoms with Crippen molar-refractivity contribution in [2.24, 2.45) is 0 Å². The summed E-state index contributed by atoms with van der Waals surface area (Å²) in [5.74, 6) is 0. The maximum atomic E-state index is 4.12. The van der Waals surface area contributed by atoms with E-state index < -0.39 is 0 Å². The van der Waals surface area contributed by atoms with E-state index in [4.69, 9.17) is 0 Å².